The predicted octanol–water partition coefficient (Wildman–Crippen LogP) is 3.29. The molecule has 0 atom stereocenters. The first-order chi connectivity index (χ1) is 8.81. The van der Waals surface area contributed by atoms with Gasteiger partial charge < -0.3 is 4.74 Å². The van der Waals surface area contributed by atoms with E-state index in [9.17, 15) is 0 Å². The van der Waals surface area contributed by atoms with Gasteiger partial charge in [-0.3, -0.25) is 0 Å². The molecule has 2 aromatic rings. The van der Waals surface area contributed by atoms with Crippen LogP contribution in [-0.2, 0) is 12.8 Å². The van der Waals surface area contributed by atoms with Crippen molar-refractivity contribution in [2.24, 2.45) is 0 Å². The van der Waals surface area contributed by atoms with Crippen LogP contribution in [0.1, 0.15) is 18.1 Å². The molecule has 0 saturated heterocycles. The lowest BCUT2D eigenvalue weighted by atomic mass is 10.0. The SMILES string of the molecule is CCc1c(Cl)ncnc1-c1cccc2c1OCC2. The Kier molecular flexibility index (Phi) is 2.92. The predicted molar refractivity (Wildman–Crippen MR) is 71.1 cm³/mol. The molecule has 0 amide bonds. The number of rotatable bonds is 2. The van der Waals surface area contributed by atoms with Gasteiger partial charge in [-0.2, -0.15) is 0 Å². The summed E-state index contributed by atoms with van der Waals surface area (Å²) in [7, 11) is 0. The number of aromatic nitrogens is 2. The topological polar surface area (TPSA) is 35.0 Å². The van der Waals surface area contributed by atoms with Crippen molar-refractivity contribution in [1.82, 2.24) is 9.97 Å². The Bertz CT molecular complexity index is 586. The smallest absolute Gasteiger partial charge is 0.136 e. The minimum Gasteiger partial charge on any atom is -0.492 e. The van der Waals surface area contributed by atoms with Crippen molar-refractivity contribution in [1.29, 1.82) is 0 Å². The van der Waals surface area contributed by atoms with Crippen LogP contribution >= 0.6 is 11.6 Å². The molecule has 1 aromatic heterocycles. The van der Waals surface area contributed by atoms with Crippen molar-refractivity contribution < 1.29 is 4.74 Å². The number of benzene rings is 1. The van der Waals surface area contributed by atoms with E-state index in [0.717, 1.165) is 42.0 Å². The zero-order valence-electron chi connectivity index (χ0n) is 10.1. The fourth-order valence-electron chi connectivity index (χ4n) is 2.34. The zero-order chi connectivity index (χ0) is 12.5. The van der Waals surface area contributed by atoms with Gasteiger partial charge in [0.15, 0.2) is 0 Å². The molecule has 0 aliphatic carbocycles. The summed E-state index contributed by atoms with van der Waals surface area (Å²) < 4.78 is 5.72. The van der Waals surface area contributed by atoms with Gasteiger partial charge in [0.1, 0.15) is 17.2 Å². The number of fused-ring (bicyclic) bond motifs is 1. The summed E-state index contributed by atoms with van der Waals surface area (Å²) in [5.41, 5.74) is 4.12. The highest BCUT2D eigenvalue weighted by molar-refractivity contribution is 6.30. The van der Waals surface area contributed by atoms with Crippen molar-refractivity contribution in [3.05, 3.63) is 40.8 Å². The fourth-order valence-corrected chi connectivity index (χ4v) is 2.60. The van der Waals surface area contributed by atoms with Gasteiger partial charge in [-0.1, -0.05) is 30.7 Å². The standard InChI is InChI=1S/C14H13ClN2O/c1-2-10-12(16-8-17-14(10)15)11-5-3-4-9-6-7-18-13(9)11/h3-5,8H,2,6-7H2,1H3. The van der Waals surface area contributed by atoms with Crippen LogP contribution in [0.5, 0.6) is 5.75 Å². The third kappa shape index (κ3) is 1.75. The lowest BCUT2D eigenvalue weighted by Crippen LogP contribution is -1.97. The van der Waals surface area contributed by atoms with Crippen LogP contribution < -0.4 is 4.74 Å². The van der Waals surface area contributed by atoms with E-state index < -0.39 is 0 Å². The second-order valence-electron chi connectivity index (χ2n) is 4.24. The Labute approximate surface area is 111 Å². The second-order valence-corrected chi connectivity index (χ2v) is 4.60. The summed E-state index contributed by atoms with van der Waals surface area (Å²) in [4.78, 5) is 8.43. The molecule has 1 aromatic carbocycles. The second kappa shape index (κ2) is 4.58. The molecule has 3 nitrogen and oxygen atoms in total. The summed E-state index contributed by atoms with van der Waals surface area (Å²) in [5, 5.41) is 0.526. The van der Waals surface area contributed by atoms with Crippen molar-refractivity contribution in [3.8, 4) is 17.0 Å². The maximum absolute atomic E-state index is 6.14. The number of nitrogens with zero attached hydrogens (tertiary/aromatic N) is 2. The molecule has 0 N–H and O–H groups in total. The van der Waals surface area contributed by atoms with E-state index in [1.54, 1.807) is 0 Å². The van der Waals surface area contributed by atoms with Gasteiger partial charge in [0.05, 0.1) is 12.3 Å². The molecule has 18 heavy (non-hydrogen) atoms. The molecule has 1 aliphatic rings. The van der Waals surface area contributed by atoms with Gasteiger partial charge in [-0.05, 0) is 18.1 Å². The van der Waals surface area contributed by atoms with Gasteiger partial charge in [-0.25, -0.2) is 9.97 Å². The Balaban J connectivity index is 2.22. The van der Waals surface area contributed by atoms with Gasteiger partial charge in [0.2, 0.25) is 0 Å². The van der Waals surface area contributed by atoms with E-state index in [-0.39, 0.29) is 0 Å². The monoisotopic (exact) mass is 260 g/mol. The molecule has 0 saturated carbocycles. The summed E-state index contributed by atoms with van der Waals surface area (Å²) in [5.74, 6) is 0.946. The van der Waals surface area contributed by atoms with E-state index in [1.165, 1.54) is 11.9 Å². The molecule has 0 radical (unpaired) electrons. The van der Waals surface area contributed by atoms with E-state index in [1.807, 2.05) is 12.1 Å². The summed E-state index contributed by atoms with van der Waals surface area (Å²) in [6.07, 6.45) is 3.27. The largest absolute Gasteiger partial charge is 0.492 e. The first-order valence-electron chi connectivity index (χ1n) is 6.05. The van der Waals surface area contributed by atoms with Crippen LogP contribution in [-0.4, -0.2) is 16.6 Å². The molecule has 92 valence electrons. The van der Waals surface area contributed by atoms with Crippen molar-refractivity contribution >= 4 is 11.6 Å². The third-order valence-corrected chi connectivity index (χ3v) is 3.54. The molecule has 2 heterocycles. The van der Waals surface area contributed by atoms with Gasteiger partial charge in [0, 0.05) is 17.5 Å². The molecule has 0 fully saturated rings. The Morgan fingerprint density at radius 1 is 1.33 bits per heavy atom. The minimum atomic E-state index is 0.526. The molecule has 4 heteroatoms. The third-order valence-electron chi connectivity index (χ3n) is 3.22. The maximum Gasteiger partial charge on any atom is 0.136 e. The summed E-state index contributed by atoms with van der Waals surface area (Å²) in [6.45, 7) is 2.80. The Morgan fingerprint density at radius 3 is 3.06 bits per heavy atom. The molecule has 3 rings (SSSR count). The number of hydrogen-bond acceptors (Lipinski definition) is 3. The van der Waals surface area contributed by atoms with Crippen molar-refractivity contribution in [2.75, 3.05) is 6.61 Å². The van der Waals surface area contributed by atoms with Crippen LogP contribution in [0.2, 0.25) is 5.15 Å². The first-order valence-corrected chi connectivity index (χ1v) is 6.43. The van der Waals surface area contributed by atoms with Crippen LogP contribution in [0.4, 0.5) is 0 Å². The quantitative estimate of drug-likeness (QED) is 0.777. The van der Waals surface area contributed by atoms with E-state index in [4.69, 9.17) is 16.3 Å². The van der Waals surface area contributed by atoms with Crippen LogP contribution in [0.15, 0.2) is 24.5 Å². The van der Waals surface area contributed by atoms with E-state index in [0.29, 0.717) is 5.15 Å². The lowest BCUT2D eigenvalue weighted by molar-refractivity contribution is 0.358. The van der Waals surface area contributed by atoms with E-state index >= 15 is 0 Å². The highest BCUT2D eigenvalue weighted by Crippen LogP contribution is 2.38. The maximum atomic E-state index is 6.14. The lowest BCUT2D eigenvalue weighted by Gasteiger charge is -2.11. The minimum absolute atomic E-state index is 0.526. The summed E-state index contributed by atoms with van der Waals surface area (Å²) in [6, 6.07) is 6.17. The molecular formula is C14H13ClN2O. The number of ether oxygens (including phenoxy) is 1. The van der Waals surface area contributed by atoms with Gasteiger partial charge >= 0.3 is 0 Å². The molecule has 0 bridgehead atoms. The number of halogens is 1. The fraction of sp³-hybridized carbons (Fsp3) is 0.286. The summed E-state index contributed by atoms with van der Waals surface area (Å²) >= 11 is 6.14. The van der Waals surface area contributed by atoms with Crippen molar-refractivity contribution in [3.63, 3.8) is 0 Å². The van der Waals surface area contributed by atoms with Crippen molar-refractivity contribution in [2.45, 2.75) is 19.8 Å². The zero-order valence-corrected chi connectivity index (χ0v) is 10.9. The van der Waals surface area contributed by atoms with Gasteiger partial charge in [-0.15, -0.1) is 0 Å². The van der Waals surface area contributed by atoms with Crippen LogP contribution in [0.3, 0.4) is 0 Å². The highest BCUT2D eigenvalue weighted by Gasteiger charge is 2.20. The molecule has 0 spiro atoms. The molecule has 0 unspecified atom stereocenters. The molecular weight excluding hydrogens is 248 g/mol. The number of para-hydroxylation sites is 1. The number of hydrogen-bond donors (Lipinski definition) is 0. The van der Waals surface area contributed by atoms with Crippen LogP contribution in [0, 0.1) is 0 Å². The average molecular weight is 261 g/mol. The van der Waals surface area contributed by atoms with Gasteiger partial charge in [0.25, 0.3) is 0 Å². The average Bonchev–Trinajstić information content (AvgIpc) is 2.86. The normalized spacial score (nSPS) is 13.2. The first kappa shape index (κ1) is 11.5. The van der Waals surface area contributed by atoms with E-state index in [2.05, 4.69) is 23.0 Å². The highest BCUT2D eigenvalue weighted by atomic mass is 35.5. The Morgan fingerprint density at radius 2 is 2.22 bits per heavy atom. The molecule has 1 aliphatic heterocycles. The Hall–Kier alpha value is -1.61. The van der Waals surface area contributed by atoms with Crippen LogP contribution in [0.25, 0.3) is 11.3 Å².